The van der Waals surface area contributed by atoms with E-state index in [1.165, 1.54) is 7.11 Å². The summed E-state index contributed by atoms with van der Waals surface area (Å²) in [5.74, 6) is -0.199. The molecular formula is C19H32NO5-. The van der Waals surface area contributed by atoms with Crippen LogP contribution >= 0.6 is 0 Å². The Morgan fingerprint density at radius 3 is 2.28 bits per heavy atom. The summed E-state index contributed by atoms with van der Waals surface area (Å²) in [6.07, 6.45) is 4.68. The van der Waals surface area contributed by atoms with E-state index in [1.807, 2.05) is 0 Å². The largest absolute Gasteiger partial charge is 0.545 e. The van der Waals surface area contributed by atoms with Crippen LogP contribution in [0.15, 0.2) is 23.2 Å². The van der Waals surface area contributed by atoms with Crippen molar-refractivity contribution in [3.05, 3.63) is 23.2 Å². The average molecular weight is 354 g/mol. The number of ether oxygens (including phenoxy) is 3. The van der Waals surface area contributed by atoms with Gasteiger partial charge in [-0.25, -0.2) is 0 Å². The zero-order chi connectivity index (χ0) is 19.0. The minimum absolute atomic E-state index is 0.0674. The minimum atomic E-state index is -1.21. The van der Waals surface area contributed by atoms with Crippen LogP contribution in [0.25, 0.3) is 0 Å². The maximum atomic E-state index is 11.6. The SMILES string of the molecule is CCCCC(N(CC)CC)C1(OC)C=C(C(=O)[O-])CC(OC)=C1OC. The van der Waals surface area contributed by atoms with Gasteiger partial charge in [0.1, 0.15) is 5.76 Å². The van der Waals surface area contributed by atoms with Crippen LogP contribution in [0.5, 0.6) is 0 Å². The van der Waals surface area contributed by atoms with E-state index in [1.54, 1.807) is 20.3 Å². The highest BCUT2D eigenvalue weighted by Crippen LogP contribution is 2.41. The van der Waals surface area contributed by atoms with E-state index < -0.39 is 11.6 Å². The molecule has 0 saturated heterocycles. The highest BCUT2D eigenvalue weighted by Gasteiger charge is 2.48. The van der Waals surface area contributed by atoms with Gasteiger partial charge in [-0.1, -0.05) is 33.6 Å². The fourth-order valence-corrected chi connectivity index (χ4v) is 3.68. The number of carbonyl (C=O) groups is 1. The summed E-state index contributed by atoms with van der Waals surface area (Å²) in [7, 11) is 4.67. The Morgan fingerprint density at radius 2 is 1.88 bits per heavy atom. The molecule has 0 aliphatic heterocycles. The number of methoxy groups -OCH3 is 3. The smallest absolute Gasteiger partial charge is 0.171 e. The van der Waals surface area contributed by atoms with Gasteiger partial charge in [-0.05, 0) is 31.2 Å². The first-order chi connectivity index (χ1) is 11.9. The number of nitrogens with zero attached hydrogens (tertiary/aromatic N) is 1. The van der Waals surface area contributed by atoms with Gasteiger partial charge >= 0.3 is 0 Å². The van der Waals surface area contributed by atoms with Crippen molar-refractivity contribution in [3.8, 4) is 0 Å². The molecule has 0 aromatic rings. The normalized spacial score (nSPS) is 22.0. The van der Waals surface area contributed by atoms with Crippen LogP contribution < -0.4 is 5.11 Å². The Labute approximate surface area is 151 Å². The van der Waals surface area contributed by atoms with Crippen LogP contribution in [-0.2, 0) is 19.0 Å². The van der Waals surface area contributed by atoms with Crippen molar-refractivity contribution in [2.45, 2.75) is 58.1 Å². The van der Waals surface area contributed by atoms with Crippen molar-refractivity contribution < 1.29 is 24.1 Å². The summed E-state index contributed by atoms with van der Waals surface area (Å²) >= 11 is 0. The summed E-state index contributed by atoms with van der Waals surface area (Å²) in [4.78, 5) is 13.9. The zero-order valence-corrected chi connectivity index (χ0v) is 16.4. The molecule has 0 fully saturated rings. The number of carbonyl (C=O) groups excluding carboxylic acids is 1. The number of carboxylic acids is 1. The summed E-state index contributed by atoms with van der Waals surface area (Å²) in [5.41, 5.74) is -0.859. The highest BCUT2D eigenvalue weighted by atomic mass is 16.5. The monoisotopic (exact) mass is 354 g/mol. The number of unbranched alkanes of at least 4 members (excludes halogenated alkanes) is 1. The van der Waals surface area contributed by atoms with Gasteiger partial charge in [0.15, 0.2) is 11.4 Å². The van der Waals surface area contributed by atoms with Crippen molar-refractivity contribution in [2.75, 3.05) is 34.4 Å². The lowest BCUT2D eigenvalue weighted by molar-refractivity contribution is -0.299. The third-order valence-electron chi connectivity index (χ3n) is 4.98. The molecule has 0 radical (unpaired) electrons. The standard InChI is InChI=1S/C19H33NO5/c1-7-10-11-16(20(8-2)9-3)19(25-6)13-14(18(21)22)12-15(23-4)17(19)24-5/h13,16H,7-12H2,1-6H3,(H,21,22)/p-1. The third-order valence-corrected chi connectivity index (χ3v) is 4.98. The predicted octanol–water partition coefficient (Wildman–Crippen LogP) is 1.86. The maximum Gasteiger partial charge on any atom is 0.171 e. The van der Waals surface area contributed by atoms with E-state index in [0.29, 0.717) is 11.5 Å². The van der Waals surface area contributed by atoms with Crippen LogP contribution in [0.3, 0.4) is 0 Å². The highest BCUT2D eigenvalue weighted by molar-refractivity contribution is 5.86. The molecule has 6 nitrogen and oxygen atoms in total. The van der Waals surface area contributed by atoms with Gasteiger partial charge in [-0.15, -0.1) is 0 Å². The molecule has 0 aromatic heterocycles. The van der Waals surface area contributed by atoms with Gasteiger partial charge in [0.2, 0.25) is 0 Å². The number of aliphatic carboxylic acids is 1. The molecule has 0 amide bonds. The van der Waals surface area contributed by atoms with Gasteiger partial charge < -0.3 is 24.1 Å². The predicted molar refractivity (Wildman–Crippen MR) is 94.7 cm³/mol. The van der Waals surface area contributed by atoms with Crippen molar-refractivity contribution in [2.24, 2.45) is 0 Å². The molecule has 2 atom stereocenters. The molecule has 1 aliphatic carbocycles. The fourth-order valence-electron chi connectivity index (χ4n) is 3.68. The second-order valence-corrected chi connectivity index (χ2v) is 6.17. The van der Waals surface area contributed by atoms with Crippen LogP contribution in [0.2, 0.25) is 0 Å². The summed E-state index contributed by atoms with van der Waals surface area (Å²) in [5, 5.41) is 11.6. The maximum absolute atomic E-state index is 11.6. The van der Waals surface area contributed by atoms with Gasteiger partial charge in [0.05, 0.1) is 20.2 Å². The molecule has 0 heterocycles. The van der Waals surface area contributed by atoms with E-state index in [2.05, 4.69) is 25.7 Å². The minimum Gasteiger partial charge on any atom is -0.545 e. The van der Waals surface area contributed by atoms with Crippen LogP contribution in [0.4, 0.5) is 0 Å². The quantitative estimate of drug-likeness (QED) is 0.564. The number of likely N-dealkylation sites (N-methyl/N-ethyl adjacent to an activating group) is 1. The first-order valence-electron chi connectivity index (χ1n) is 8.99. The van der Waals surface area contributed by atoms with E-state index in [-0.39, 0.29) is 18.0 Å². The topological polar surface area (TPSA) is 71.1 Å². The average Bonchev–Trinajstić information content (AvgIpc) is 2.63. The summed E-state index contributed by atoms with van der Waals surface area (Å²) < 4.78 is 17.1. The number of hydrogen-bond donors (Lipinski definition) is 0. The van der Waals surface area contributed by atoms with Crippen molar-refractivity contribution in [1.82, 2.24) is 4.90 Å². The third kappa shape index (κ3) is 4.36. The Bertz CT molecular complexity index is 510. The molecule has 0 saturated carbocycles. The molecule has 25 heavy (non-hydrogen) atoms. The summed E-state index contributed by atoms with van der Waals surface area (Å²) in [6.45, 7) is 7.96. The van der Waals surface area contributed by atoms with Crippen molar-refractivity contribution in [1.29, 1.82) is 0 Å². The van der Waals surface area contributed by atoms with Gasteiger partial charge in [0.25, 0.3) is 0 Å². The zero-order valence-electron chi connectivity index (χ0n) is 16.4. The van der Waals surface area contributed by atoms with Crippen LogP contribution in [0.1, 0.15) is 46.5 Å². The molecule has 6 heteroatoms. The lowest BCUT2D eigenvalue weighted by Gasteiger charge is -2.46. The number of hydrogen-bond acceptors (Lipinski definition) is 6. The van der Waals surface area contributed by atoms with E-state index >= 15 is 0 Å². The first kappa shape index (κ1) is 21.5. The molecule has 0 aromatic carbocycles. The molecule has 0 bridgehead atoms. The molecule has 0 spiro atoms. The van der Waals surface area contributed by atoms with E-state index in [0.717, 1.165) is 32.4 Å². The lowest BCUT2D eigenvalue weighted by atomic mass is 9.80. The van der Waals surface area contributed by atoms with Gasteiger partial charge in [-0.3, -0.25) is 4.90 Å². The molecule has 0 N–H and O–H groups in total. The molecule has 2 unspecified atom stereocenters. The Balaban J connectivity index is 3.58. The lowest BCUT2D eigenvalue weighted by Crippen LogP contribution is -2.56. The van der Waals surface area contributed by atoms with E-state index in [9.17, 15) is 9.90 Å². The van der Waals surface area contributed by atoms with Gasteiger partial charge in [0, 0.05) is 19.6 Å². The summed E-state index contributed by atoms with van der Waals surface area (Å²) in [6, 6.07) is -0.0674. The molecule has 1 rings (SSSR count). The molecule has 1 aliphatic rings. The van der Waals surface area contributed by atoms with Crippen LogP contribution in [-0.4, -0.2) is 56.9 Å². The Kier molecular flexibility index (Phi) is 8.45. The van der Waals surface area contributed by atoms with Crippen molar-refractivity contribution in [3.63, 3.8) is 0 Å². The van der Waals surface area contributed by atoms with Crippen molar-refractivity contribution >= 4 is 5.97 Å². The van der Waals surface area contributed by atoms with Gasteiger partial charge in [-0.2, -0.15) is 0 Å². The van der Waals surface area contributed by atoms with E-state index in [4.69, 9.17) is 14.2 Å². The Morgan fingerprint density at radius 1 is 1.24 bits per heavy atom. The molecule has 144 valence electrons. The first-order valence-corrected chi connectivity index (χ1v) is 8.99. The number of allylic oxidation sites excluding steroid dienone is 1. The fraction of sp³-hybridized carbons (Fsp3) is 0.737. The second kappa shape index (κ2) is 9.82. The Hall–Kier alpha value is -1.53. The molecular weight excluding hydrogens is 322 g/mol. The number of carboxylic acid groups (broad SMARTS) is 1. The number of rotatable bonds is 11. The second-order valence-electron chi connectivity index (χ2n) is 6.17. The van der Waals surface area contributed by atoms with Crippen LogP contribution in [0, 0.1) is 0 Å².